The fourth-order valence-electron chi connectivity index (χ4n) is 3.68. The van der Waals surface area contributed by atoms with Crippen LogP contribution in [0.3, 0.4) is 0 Å². The van der Waals surface area contributed by atoms with E-state index < -0.39 is 0 Å². The fourth-order valence-corrected chi connectivity index (χ4v) is 3.87. The molecule has 0 atom stereocenters. The molecule has 0 saturated carbocycles. The molecule has 5 rings (SSSR count). The molecule has 7 nitrogen and oxygen atoms in total. The molecule has 0 aliphatic carbocycles. The van der Waals surface area contributed by atoms with Gasteiger partial charge in [-0.2, -0.15) is 14.6 Å². The SMILES string of the molecule is COc1ccc(CCn2ccc3nc4ncnn4c(-c4cccc(Cl)c4)c3c2=O)cc1. The maximum absolute atomic E-state index is 13.5. The molecule has 154 valence electrons. The lowest BCUT2D eigenvalue weighted by Crippen LogP contribution is -2.22. The predicted octanol–water partition coefficient (Wildman–Crippen LogP) is 4.01. The van der Waals surface area contributed by atoms with Gasteiger partial charge in [0.05, 0.1) is 23.7 Å². The zero-order chi connectivity index (χ0) is 21.4. The van der Waals surface area contributed by atoms with Gasteiger partial charge >= 0.3 is 0 Å². The first kappa shape index (κ1) is 19.3. The Labute approximate surface area is 182 Å². The van der Waals surface area contributed by atoms with Gasteiger partial charge in [-0.15, -0.1) is 0 Å². The maximum atomic E-state index is 13.5. The van der Waals surface area contributed by atoms with Crippen LogP contribution in [-0.4, -0.2) is 31.3 Å². The summed E-state index contributed by atoms with van der Waals surface area (Å²) in [5.74, 6) is 1.23. The minimum absolute atomic E-state index is 0.133. The number of nitrogens with zero attached hydrogens (tertiary/aromatic N) is 5. The molecule has 8 heteroatoms. The van der Waals surface area contributed by atoms with E-state index >= 15 is 0 Å². The fraction of sp³-hybridized carbons (Fsp3) is 0.130. The molecule has 0 amide bonds. The number of rotatable bonds is 5. The standard InChI is InChI=1S/C23H18ClN5O2/c1-31-18-7-5-15(6-8-18)9-11-28-12-10-19-20(22(28)30)21(16-3-2-4-17(24)13-16)29-23(27-19)25-14-26-29/h2-8,10,12-14H,9,11H2,1H3. The molecule has 5 aromatic rings. The van der Waals surface area contributed by atoms with E-state index in [9.17, 15) is 4.79 Å². The Balaban J connectivity index is 1.63. The molecular weight excluding hydrogens is 414 g/mol. The van der Waals surface area contributed by atoms with Gasteiger partial charge in [-0.1, -0.05) is 35.9 Å². The van der Waals surface area contributed by atoms with E-state index in [2.05, 4.69) is 15.1 Å². The van der Waals surface area contributed by atoms with Crippen LogP contribution in [0.25, 0.3) is 27.9 Å². The highest BCUT2D eigenvalue weighted by Gasteiger charge is 2.17. The smallest absolute Gasteiger partial charge is 0.262 e. The third-order valence-corrected chi connectivity index (χ3v) is 5.48. The van der Waals surface area contributed by atoms with E-state index in [1.165, 1.54) is 6.33 Å². The first-order chi connectivity index (χ1) is 15.1. The van der Waals surface area contributed by atoms with Gasteiger partial charge in [0.1, 0.15) is 12.1 Å². The van der Waals surface area contributed by atoms with Crippen LogP contribution in [0.2, 0.25) is 5.02 Å². The van der Waals surface area contributed by atoms with Gasteiger partial charge in [0.25, 0.3) is 11.3 Å². The van der Waals surface area contributed by atoms with E-state index in [4.69, 9.17) is 16.3 Å². The largest absolute Gasteiger partial charge is 0.497 e. The molecule has 0 bridgehead atoms. The molecule has 0 spiro atoms. The summed E-state index contributed by atoms with van der Waals surface area (Å²) in [5.41, 5.74) is 2.96. The van der Waals surface area contributed by atoms with Crippen LogP contribution < -0.4 is 10.3 Å². The van der Waals surface area contributed by atoms with Crippen molar-refractivity contribution < 1.29 is 4.74 Å². The summed E-state index contributed by atoms with van der Waals surface area (Å²) in [4.78, 5) is 22.2. The quantitative estimate of drug-likeness (QED) is 0.420. The van der Waals surface area contributed by atoms with Crippen LogP contribution in [0.5, 0.6) is 5.75 Å². The average molecular weight is 432 g/mol. The van der Waals surface area contributed by atoms with Crippen LogP contribution in [0.15, 0.2) is 71.9 Å². The van der Waals surface area contributed by atoms with Crippen LogP contribution in [0, 0.1) is 0 Å². The highest BCUT2D eigenvalue weighted by molar-refractivity contribution is 6.30. The maximum Gasteiger partial charge on any atom is 0.262 e. The van der Waals surface area contributed by atoms with Crippen molar-refractivity contribution in [2.75, 3.05) is 7.11 Å². The molecule has 31 heavy (non-hydrogen) atoms. The molecular formula is C23H18ClN5O2. The van der Waals surface area contributed by atoms with Gasteiger partial charge in [-0.3, -0.25) is 4.79 Å². The Hall–Kier alpha value is -3.71. The summed E-state index contributed by atoms with van der Waals surface area (Å²) < 4.78 is 8.49. The molecule has 2 aromatic carbocycles. The van der Waals surface area contributed by atoms with Crippen molar-refractivity contribution in [1.82, 2.24) is 24.1 Å². The lowest BCUT2D eigenvalue weighted by atomic mass is 10.1. The highest BCUT2D eigenvalue weighted by Crippen LogP contribution is 2.27. The van der Waals surface area contributed by atoms with Crippen LogP contribution in [0.4, 0.5) is 0 Å². The van der Waals surface area contributed by atoms with Crippen LogP contribution in [0.1, 0.15) is 5.56 Å². The number of aryl methyl sites for hydroxylation is 2. The summed E-state index contributed by atoms with van der Waals surface area (Å²) >= 11 is 6.23. The number of fused-ring (bicyclic) bond motifs is 2. The van der Waals surface area contributed by atoms with Gasteiger partial charge in [0.2, 0.25) is 0 Å². The number of halogens is 1. The first-order valence-corrected chi connectivity index (χ1v) is 10.1. The predicted molar refractivity (Wildman–Crippen MR) is 120 cm³/mol. The summed E-state index contributed by atoms with van der Waals surface area (Å²) in [6, 6.07) is 17.0. The third-order valence-electron chi connectivity index (χ3n) is 5.24. The molecule has 3 aromatic heterocycles. The van der Waals surface area contributed by atoms with E-state index in [1.54, 1.807) is 28.5 Å². The normalized spacial score (nSPS) is 11.3. The Morgan fingerprint density at radius 2 is 1.94 bits per heavy atom. The van der Waals surface area contributed by atoms with Crippen molar-refractivity contribution in [1.29, 1.82) is 0 Å². The zero-order valence-electron chi connectivity index (χ0n) is 16.7. The van der Waals surface area contributed by atoms with E-state index in [0.29, 0.717) is 40.4 Å². The molecule has 3 heterocycles. The summed E-state index contributed by atoms with van der Waals surface area (Å²) in [6.07, 6.45) is 3.91. The molecule has 0 aliphatic heterocycles. The van der Waals surface area contributed by atoms with E-state index in [-0.39, 0.29) is 5.56 Å². The third kappa shape index (κ3) is 3.53. The molecule has 0 N–H and O–H groups in total. The Bertz CT molecular complexity index is 1460. The van der Waals surface area contributed by atoms with Gasteiger partial charge < -0.3 is 9.30 Å². The minimum atomic E-state index is -0.133. The van der Waals surface area contributed by atoms with E-state index in [1.807, 2.05) is 48.5 Å². The number of hydrogen-bond donors (Lipinski definition) is 0. The second-order valence-electron chi connectivity index (χ2n) is 7.12. The second kappa shape index (κ2) is 7.85. The molecule has 0 saturated heterocycles. The lowest BCUT2D eigenvalue weighted by molar-refractivity contribution is 0.414. The van der Waals surface area contributed by atoms with Crippen molar-refractivity contribution in [3.63, 3.8) is 0 Å². The van der Waals surface area contributed by atoms with Gasteiger partial charge in [0, 0.05) is 23.3 Å². The number of ether oxygens (including phenoxy) is 1. The first-order valence-electron chi connectivity index (χ1n) is 9.76. The Morgan fingerprint density at radius 3 is 2.71 bits per heavy atom. The lowest BCUT2D eigenvalue weighted by Gasteiger charge is -2.12. The molecule has 0 fully saturated rings. The highest BCUT2D eigenvalue weighted by atomic mass is 35.5. The summed E-state index contributed by atoms with van der Waals surface area (Å²) in [7, 11) is 1.64. The number of methoxy groups -OCH3 is 1. The number of hydrogen-bond acceptors (Lipinski definition) is 5. The van der Waals surface area contributed by atoms with Crippen molar-refractivity contribution in [3.8, 4) is 17.0 Å². The Morgan fingerprint density at radius 1 is 1.10 bits per heavy atom. The number of pyridine rings is 1. The molecule has 0 unspecified atom stereocenters. The number of benzene rings is 2. The minimum Gasteiger partial charge on any atom is -0.497 e. The van der Waals surface area contributed by atoms with Crippen LogP contribution >= 0.6 is 11.6 Å². The van der Waals surface area contributed by atoms with Gasteiger partial charge in [0.15, 0.2) is 0 Å². The van der Waals surface area contributed by atoms with Crippen molar-refractivity contribution in [2.45, 2.75) is 13.0 Å². The van der Waals surface area contributed by atoms with Crippen molar-refractivity contribution >= 4 is 28.3 Å². The summed E-state index contributed by atoms with van der Waals surface area (Å²) in [5, 5.41) is 5.35. The zero-order valence-corrected chi connectivity index (χ0v) is 17.5. The second-order valence-corrected chi connectivity index (χ2v) is 7.55. The van der Waals surface area contributed by atoms with Crippen molar-refractivity contribution in [3.05, 3.63) is 88.1 Å². The van der Waals surface area contributed by atoms with Crippen LogP contribution in [-0.2, 0) is 13.0 Å². The van der Waals surface area contributed by atoms with E-state index in [0.717, 1.165) is 16.9 Å². The Kier molecular flexibility index (Phi) is 4.88. The average Bonchev–Trinajstić information content (AvgIpc) is 3.26. The topological polar surface area (TPSA) is 74.3 Å². The summed E-state index contributed by atoms with van der Waals surface area (Å²) in [6.45, 7) is 0.533. The van der Waals surface area contributed by atoms with Gasteiger partial charge in [-0.05, 0) is 42.3 Å². The monoisotopic (exact) mass is 431 g/mol. The molecule has 0 radical (unpaired) electrons. The van der Waals surface area contributed by atoms with Gasteiger partial charge in [-0.25, -0.2) is 4.98 Å². The molecule has 0 aliphatic rings. The number of aromatic nitrogens is 5. The van der Waals surface area contributed by atoms with Crippen molar-refractivity contribution in [2.24, 2.45) is 0 Å².